The van der Waals surface area contributed by atoms with Crippen molar-refractivity contribution in [3.8, 4) is 0 Å². The van der Waals surface area contributed by atoms with E-state index in [0.29, 0.717) is 12.8 Å². The summed E-state index contributed by atoms with van der Waals surface area (Å²) >= 11 is 0. The molecule has 2 atom stereocenters. The van der Waals surface area contributed by atoms with Crippen molar-refractivity contribution < 1.29 is 47.1 Å². The second-order valence-electron chi connectivity index (χ2n) is 14.7. The second kappa shape index (κ2) is 41.0. The maximum atomic E-state index is 12.7. The Morgan fingerprint density at radius 3 is 1.45 bits per heavy atom. The van der Waals surface area contributed by atoms with Crippen LogP contribution < -0.4 is 5.32 Å². The number of phosphoric ester groups is 1. The molecule has 0 fully saturated rings. The lowest BCUT2D eigenvalue weighted by Crippen LogP contribution is -2.30. The molecule has 2 N–H and O–H groups in total. The number of rotatable bonds is 41. The van der Waals surface area contributed by atoms with Gasteiger partial charge in [-0.1, -0.05) is 141 Å². The third kappa shape index (κ3) is 40.0. The molecule has 1 unspecified atom stereocenters. The first-order chi connectivity index (χ1) is 27.2. The van der Waals surface area contributed by atoms with E-state index in [0.717, 1.165) is 70.6 Å². The number of carbonyl (C=O) groups is 3. The van der Waals surface area contributed by atoms with Crippen LogP contribution in [0.25, 0.3) is 0 Å². The van der Waals surface area contributed by atoms with Gasteiger partial charge in [-0.25, -0.2) is 9.36 Å². The number of phosphoric acid groups is 1. The molecule has 0 heterocycles. The molecular formula is C44H82NO10P. The highest BCUT2D eigenvalue weighted by atomic mass is 31.2. The third-order valence-electron chi connectivity index (χ3n) is 9.34. The average molecular weight is 816 g/mol. The summed E-state index contributed by atoms with van der Waals surface area (Å²) in [4.78, 5) is 46.6. The summed E-state index contributed by atoms with van der Waals surface area (Å²) in [6.45, 7) is 5.15. The zero-order valence-corrected chi connectivity index (χ0v) is 36.7. The quantitative estimate of drug-likeness (QED) is 0.0201. The van der Waals surface area contributed by atoms with Gasteiger partial charge in [0.2, 0.25) is 0 Å². The normalized spacial score (nSPS) is 13.2. The number of hydrogen-bond acceptors (Lipinski definition) is 9. The van der Waals surface area contributed by atoms with Gasteiger partial charge in [-0.2, -0.15) is 0 Å². The molecule has 0 bridgehead atoms. The Morgan fingerprint density at radius 2 is 0.982 bits per heavy atom. The van der Waals surface area contributed by atoms with Gasteiger partial charge in [-0.3, -0.25) is 18.6 Å². The van der Waals surface area contributed by atoms with Crippen LogP contribution in [-0.4, -0.2) is 62.0 Å². The fourth-order valence-electron chi connectivity index (χ4n) is 6.01. The summed E-state index contributed by atoms with van der Waals surface area (Å²) in [7, 11) is -4.55. The zero-order chi connectivity index (χ0) is 41.2. The van der Waals surface area contributed by atoms with E-state index in [2.05, 4.69) is 43.5 Å². The maximum absolute atomic E-state index is 12.7. The van der Waals surface area contributed by atoms with Crippen LogP contribution >= 0.6 is 7.82 Å². The van der Waals surface area contributed by atoms with E-state index >= 15 is 0 Å². The summed E-state index contributed by atoms with van der Waals surface area (Å²) < 4.78 is 38.0. The molecule has 0 aliphatic heterocycles. The number of allylic oxidation sites excluding steroid dienone is 4. The number of unbranched alkanes of at least 4 members (excludes halogenated alkanes) is 22. The van der Waals surface area contributed by atoms with E-state index in [4.69, 9.17) is 23.3 Å². The molecule has 0 aromatic heterocycles. The Morgan fingerprint density at radius 1 is 0.554 bits per heavy atom. The lowest BCUT2D eigenvalue weighted by atomic mass is 10.1. The van der Waals surface area contributed by atoms with Crippen LogP contribution in [0.5, 0.6) is 0 Å². The number of carbonyl (C=O) groups excluding carboxylic acids is 3. The van der Waals surface area contributed by atoms with Gasteiger partial charge in [-0.05, 0) is 71.1 Å². The zero-order valence-electron chi connectivity index (χ0n) is 35.8. The third-order valence-corrected chi connectivity index (χ3v) is 10.3. The lowest BCUT2D eigenvalue weighted by Gasteiger charge is -2.20. The molecule has 0 aromatic carbocycles. The molecule has 1 amide bonds. The molecule has 0 aliphatic rings. The Kier molecular flexibility index (Phi) is 39.4. The van der Waals surface area contributed by atoms with Gasteiger partial charge >= 0.3 is 25.9 Å². The van der Waals surface area contributed by atoms with Crippen molar-refractivity contribution in [1.82, 2.24) is 5.32 Å². The Balaban J connectivity index is 4.45. The fourth-order valence-corrected chi connectivity index (χ4v) is 6.76. The van der Waals surface area contributed by atoms with Crippen molar-refractivity contribution in [2.24, 2.45) is 0 Å². The van der Waals surface area contributed by atoms with E-state index in [1.807, 2.05) is 0 Å². The Hall–Kier alpha value is -2.20. The number of ether oxygens (including phenoxy) is 3. The smallest absolute Gasteiger partial charge is 0.462 e. The molecule has 0 spiro atoms. The van der Waals surface area contributed by atoms with Crippen molar-refractivity contribution in [1.29, 1.82) is 0 Å². The van der Waals surface area contributed by atoms with Crippen LogP contribution in [0.15, 0.2) is 24.3 Å². The summed E-state index contributed by atoms with van der Waals surface area (Å²) in [5.74, 6) is -0.911. The second-order valence-corrected chi connectivity index (χ2v) is 16.2. The highest BCUT2D eigenvalue weighted by molar-refractivity contribution is 7.47. The van der Waals surface area contributed by atoms with Gasteiger partial charge in [0.15, 0.2) is 6.10 Å². The van der Waals surface area contributed by atoms with Gasteiger partial charge < -0.3 is 24.4 Å². The van der Waals surface area contributed by atoms with Crippen LogP contribution in [0.2, 0.25) is 0 Å². The summed E-state index contributed by atoms with van der Waals surface area (Å²) in [6, 6.07) is 0. The van der Waals surface area contributed by atoms with Crippen molar-refractivity contribution >= 4 is 25.9 Å². The number of esters is 2. The topological polar surface area (TPSA) is 147 Å². The first-order valence-electron chi connectivity index (χ1n) is 22.4. The standard InChI is InChI=1S/C44H82NO10P/c1-4-7-9-11-13-15-17-19-21-23-25-27-29-31-33-35-42(46)52-39-41(40-54-56(49,50)53-38-37-45-44(48)51-6-3)55-43(47)36-34-32-30-28-26-24-22-20-18-16-14-12-10-8-5-2/h19-22,41H,4-18,23-40H2,1-3H3,(H,45,48)(H,49,50)/b21-19-,22-20-/t41-/m1/s1. The number of nitrogens with one attached hydrogen (secondary N) is 1. The first kappa shape index (κ1) is 53.8. The highest BCUT2D eigenvalue weighted by Crippen LogP contribution is 2.43. The van der Waals surface area contributed by atoms with Gasteiger partial charge in [-0.15, -0.1) is 0 Å². The summed E-state index contributed by atoms with van der Waals surface area (Å²) in [5.41, 5.74) is 0. The van der Waals surface area contributed by atoms with Crippen LogP contribution in [0.4, 0.5) is 4.79 Å². The SMILES string of the molecule is CCCCCCCC/C=C\CCCCCCCC(=O)OC[C@H](COP(=O)(O)OCCNC(=O)OCC)OC(=O)CCCCCCC/C=C\CCCCCCCC. The van der Waals surface area contributed by atoms with Crippen molar-refractivity contribution in [2.75, 3.05) is 33.0 Å². The van der Waals surface area contributed by atoms with Gasteiger partial charge in [0.25, 0.3) is 0 Å². The molecule has 328 valence electrons. The van der Waals surface area contributed by atoms with Crippen LogP contribution in [0.1, 0.15) is 201 Å². The molecule has 0 saturated heterocycles. The first-order valence-corrected chi connectivity index (χ1v) is 23.9. The molecule has 0 rings (SSSR count). The van der Waals surface area contributed by atoms with E-state index in [9.17, 15) is 23.8 Å². The summed E-state index contributed by atoms with van der Waals surface area (Å²) in [5, 5.41) is 2.38. The highest BCUT2D eigenvalue weighted by Gasteiger charge is 2.26. The number of amides is 1. The van der Waals surface area contributed by atoms with Crippen molar-refractivity contribution in [2.45, 2.75) is 207 Å². The number of hydrogen-bond donors (Lipinski definition) is 2. The maximum Gasteiger partial charge on any atom is 0.472 e. The van der Waals surface area contributed by atoms with Crippen molar-refractivity contribution in [3.63, 3.8) is 0 Å². The number of alkyl carbamates (subject to hydrolysis) is 1. The molecule has 0 aliphatic carbocycles. The molecule has 0 aromatic rings. The molecular weight excluding hydrogens is 733 g/mol. The Bertz CT molecular complexity index is 1040. The van der Waals surface area contributed by atoms with E-state index in [-0.39, 0.29) is 39.2 Å². The van der Waals surface area contributed by atoms with Crippen LogP contribution in [0, 0.1) is 0 Å². The van der Waals surface area contributed by atoms with E-state index in [1.165, 1.54) is 83.5 Å². The van der Waals surface area contributed by atoms with Crippen LogP contribution in [-0.2, 0) is 37.4 Å². The van der Waals surface area contributed by atoms with E-state index < -0.39 is 38.6 Å². The molecule has 0 saturated carbocycles. The minimum atomic E-state index is -4.55. The van der Waals surface area contributed by atoms with Gasteiger partial charge in [0.05, 0.1) is 19.8 Å². The lowest BCUT2D eigenvalue weighted by molar-refractivity contribution is -0.161. The molecule has 0 radical (unpaired) electrons. The molecule has 56 heavy (non-hydrogen) atoms. The minimum Gasteiger partial charge on any atom is -0.462 e. The van der Waals surface area contributed by atoms with Crippen LogP contribution in [0.3, 0.4) is 0 Å². The van der Waals surface area contributed by atoms with E-state index in [1.54, 1.807) is 6.92 Å². The molecule has 12 heteroatoms. The fraction of sp³-hybridized carbons (Fsp3) is 0.841. The Labute approximate surface area is 341 Å². The molecule has 11 nitrogen and oxygen atoms in total. The predicted molar refractivity (Wildman–Crippen MR) is 226 cm³/mol. The average Bonchev–Trinajstić information content (AvgIpc) is 3.17. The van der Waals surface area contributed by atoms with Gasteiger partial charge in [0.1, 0.15) is 6.61 Å². The summed E-state index contributed by atoms with van der Waals surface area (Å²) in [6.07, 6.45) is 37.9. The van der Waals surface area contributed by atoms with Gasteiger partial charge in [0, 0.05) is 19.4 Å². The minimum absolute atomic E-state index is 0.0743. The largest absolute Gasteiger partial charge is 0.472 e. The monoisotopic (exact) mass is 816 g/mol. The predicted octanol–water partition coefficient (Wildman–Crippen LogP) is 12.4. The van der Waals surface area contributed by atoms with Crippen molar-refractivity contribution in [3.05, 3.63) is 24.3 Å².